The summed E-state index contributed by atoms with van der Waals surface area (Å²) in [6.07, 6.45) is 1.30. The summed E-state index contributed by atoms with van der Waals surface area (Å²) in [4.78, 5) is 15.6. The summed E-state index contributed by atoms with van der Waals surface area (Å²) in [7, 11) is 1.62. The van der Waals surface area contributed by atoms with Gasteiger partial charge in [0.1, 0.15) is 11.3 Å². The van der Waals surface area contributed by atoms with Crippen molar-refractivity contribution in [1.29, 1.82) is 0 Å². The highest BCUT2D eigenvalue weighted by Crippen LogP contribution is 2.31. The average Bonchev–Trinajstić information content (AvgIpc) is 2.76. The van der Waals surface area contributed by atoms with Crippen molar-refractivity contribution >= 4 is 22.9 Å². The molecule has 0 spiro atoms. The maximum Gasteiger partial charge on any atom is 0.220 e. The molecule has 1 aliphatic heterocycles. The molecule has 1 saturated heterocycles. The van der Waals surface area contributed by atoms with Crippen molar-refractivity contribution in [3.05, 3.63) is 18.2 Å². The molecule has 1 unspecified atom stereocenters. The van der Waals surface area contributed by atoms with E-state index in [1.54, 1.807) is 7.11 Å². The fourth-order valence-electron chi connectivity index (χ4n) is 2.60. The highest BCUT2D eigenvalue weighted by Gasteiger charge is 2.23. The first kappa shape index (κ1) is 11.8. The Labute approximate surface area is 110 Å². The van der Waals surface area contributed by atoms with E-state index < -0.39 is 0 Å². The number of piperidine rings is 1. The number of para-hydroxylation sites is 1. The number of anilines is 1. The molecule has 1 aromatic heterocycles. The Morgan fingerprint density at radius 3 is 3.05 bits per heavy atom. The molecule has 2 aromatic rings. The Hall–Kier alpha value is -2.24. The Balaban J connectivity index is 2.08. The standard InChI is InChI=1S/C13H16N4O2/c1-19-10-4-2-3-9-12(10)16-13(14)17(9)8-5-6-11(18)15-7-8/h2-4,8H,5-7H2,1H3,(H2,14,16)(H,15,18). The number of benzene rings is 1. The molecule has 0 radical (unpaired) electrons. The fourth-order valence-corrected chi connectivity index (χ4v) is 2.60. The summed E-state index contributed by atoms with van der Waals surface area (Å²) in [5, 5.41) is 2.87. The number of hydrogen-bond acceptors (Lipinski definition) is 4. The number of methoxy groups -OCH3 is 1. The molecule has 3 rings (SSSR count). The molecular formula is C13H16N4O2. The van der Waals surface area contributed by atoms with Crippen LogP contribution >= 0.6 is 0 Å². The predicted molar refractivity (Wildman–Crippen MR) is 72.0 cm³/mol. The van der Waals surface area contributed by atoms with E-state index in [-0.39, 0.29) is 11.9 Å². The zero-order valence-corrected chi connectivity index (χ0v) is 10.7. The molecule has 0 aliphatic carbocycles. The smallest absolute Gasteiger partial charge is 0.220 e. The number of ether oxygens (including phenoxy) is 1. The van der Waals surface area contributed by atoms with Crippen molar-refractivity contribution in [3.63, 3.8) is 0 Å². The van der Waals surface area contributed by atoms with Gasteiger partial charge in [-0.15, -0.1) is 0 Å². The molecule has 100 valence electrons. The largest absolute Gasteiger partial charge is 0.494 e. The van der Waals surface area contributed by atoms with E-state index in [9.17, 15) is 4.79 Å². The molecule has 1 amide bonds. The lowest BCUT2D eigenvalue weighted by Crippen LogP contribution is -2.36. The van der Waals surface area contributed by atoms with Crippen LogP contribution < -0.4 is 15.8 Å². The van der Waals surface area contributed by atoms with Crippen LogP contribution in [0.4, 0.5) is 5.95 Å². The van der Waals surface area contributed by atoms with Gasteiger partial charge >= 0.3 is 0 Å². The number of fused-ring (bicyclic) bond motifs is 1. The van der Waals surface area contributed by atoms with Crippen LogP contribution in [0.1, 0.15) is 18.9 Å². The highest BCUT2D eigenvalue weighted by molar-refractivity contribution is 5.84. The normalized spacial score (nSPS) is 19.4. The summed E-state index contributed by atoms with van der Waals surface area (Å²) < 4.78 is 7.28. The maximum atomic E-state index is 11.2. The summed E-state index contributed by atoms with van der Waals surface area (Å²) in [5.74, 6) is 1.26. The third kappa shape index (κ3) is 1.89. The molecule has 19 heavy (non-hydrogen) atoms. The van der Waals surface area contributed by atoms with E-state index in [0.29, 0.717) is 24.7 Å². The van der Waals surface area contributed by atoms with Gasteiger partial charge < -0.3 is 20.4 Å². The summed E-state index contributed by atoms with van der Waals surface area (Å²) in [5.41, 5.74) is 7.73. The summed E-state index contributed by atoms with van der Waals surface area (Å²) >= 11 is 0. The van der Waals surface area contributed by atoms with Crippen molar-refractivity contribution in [2.75, 3.05) is 19.4 Å². The van der Waals surface area contributed by atoms with Crippen LogP contribution in [0.25, 0.3) is 11.0 Å². The monoisotopic (exact) mass is 260 g/mol. The molecule has 6 heteroatoms. The number of nitrogens with one attached hydrogen (secondary N) is 1. The van der Waals surface area contributed by atoms with Crippen molar-refractivity contribution in [3.8, 4) is 5.75 Å². The van der Waals surface area contributed by atoms with Crippen molar-refractivity contribution < 1.29 is 9.53 Å². The van der Waals surface area contributed by atoms with E-state index >= 15 is 0 Å². The Morgan fingerprint density at radius 2 is 2.37 bits per heavy atom. The number of nitrogens with two attached hydrogens (primary N) is 1. The third-order valence-corrected chi connectivity index (χ3v) is 3.53. The van der Waals surface area contributed by atoms with Crippen molar-refractivity contribution in [1.82, 2.24) is 14.9 Å². The first-order valence-electron chi connectivity index (χ1n) is 6.28. The Bertz CT molecular complexity index is 625. The van der Waals surface area contributed by atoms with Crippen LogP contribution in [0.15, 0.2) is 18.2 Å². The zero-order valence-electron chi connectivity index (χ0n) is 10.7. The minimum atomic E-state index is 0.0943. The van der Waals surface area contributed by atoms with Gasteiger partial charge in [0.05, 0.1) is 18.7 Å². The number of imidazole rings is 1. The van der Waals surface area contributed by atoms with E-state index in [1.165, 1.54) is 0 Å². The molecule has 1 fully saturated rings. The number of carbonyl (C=O) groups excluding carboxylic acids is 1. The lowest BCUT2D eigenvalue weighted by molar-refractivity contribution is -0.122. The highest BCUT2D eigenvalue weighted by atomic mass is 16.5. The van der Waals surface area contributed by atoms with E-state index in [0.717, 1.165) is 17.5 Å². The van der Waals surface area contributed by atoms with Crippen molar-refractivity contribution in [2.45, 2.75) is 18.9 Å². The topological polar surface area (TPSA) is 82.2 Å². The molecule has 3 N–H and O–H groups in total. The van der Waals surface area contributed by atoms with Crippen LogP contribution in [0.3, 0.4) is 0 Å². The molecule has 6 nitrogen and oxygen atoms in total. The summed E-state index contributed by atoms with van der Waals surface area (Å²) in [6, 6.07) is 5.90. The van der Waals surface area contributed by atoms with Gasteiger partial charge in [0.15, 0.2) is 0 Å². The van der Waals surface area contributed by atoms with Crippen LogP contribution in [0.5, 0.6) is 5.75 Å². The number of carbonyl (C=O) groups is 1. The first-order chi connectivity index (χ1) is 9.20. The lowest BCUT2D eigenvalue weighted by atomic mass is 10.1. The minimum Gasteiger partial charge on any atom is -0.494 e. The van der Waals surface area contributed by atoms with Crippen LogP contribution in [0.2, 0.25) is 0 Å². The number of nitrogens with zero attached hydrogens (tertiary/aromatic N) is 2. The molecule has 2 heterocycles. The van der Waals surface area contributed by atoms with Gasteiger partial charge in [-0.25, -0.2) is 4.98 Å². The SMILES string of the molecule is COc1cccc2c1nc(N)n2C1CCC(=O)NC1. The predicted octanol–water partition coefficient (Wildman–Crippen LogP) is 1.08. The number of rotatable bonds is 2. The molecule has 1 atom stereocenters. The first-order valence-corrected chi connectivity index (χ1v) is 6.28. The van der Waals surface area contributed by atoms with Gasteiger partial charge in [-0.05, 0) is 18.6 Å². The molecule has 0 bridgehead atoms. The van der Waals surface area contributed by atoms with Crippen molar-refractivity contribution in [2.24, 2.45) is 0 Å². The quantitative estimate of drug-likeness (QED) is 0.846. The van der Waals surface area contributed by atoms with E-state index in [1.807, 2.05) is 22.8 Å². The Kier molecular flexibility index (Phi) is 2.77. The third-order valence-electron chi connectivity index (χ3n) is 3.53. The minimum absolute atomic E-state index is 0.0943. The van der Waals surface area contributed by atoms with Gasteiger partial charge in [-0.3, -0.25) is 4.79 Å². The lowest BCUT2D eigenvalue weighted by Gasteiger charge is -2.25. The number of hydrogen-bond donors (Lipinski definition) is 2. The maximum absolute atomic E-state index is 11.2. The second kappa shape index (κ2) is 4.46. The molecule has 1 aliphatic rings. The van der Waals surface area contributed by atoms with Crippen LogP contribution in [-0.4, -0.2) is 29.1 Å². The van der Waals surface area contributed by atoms with E-state index in [2.05, 4.69) is 10.3 Å². The molecule has 0 saturated carbocycles. The molecular weight excluding hydrogens is 244 g/mol. The Morgan fingerprint density at radius 1 is 1.53 bits per heavy atom. The van der Waals surface area contributed by atoms with Gasteiger partial charge in [-0.2, -0.15) is 0 Å². The van der Waals surface area contributed by atoms with Gasteiger partial charge in [0, 0.05) is 13.0 Å². The van der Waals surface area contributed by atoms with Gasteiger partial charge in [-0.1, -0.05) is 6.07 Å². The van der Waals surface area contributed by atoms with Gasteiger partial charge in [0.25, 0.3) is 0 Å². The average molecular weight is 260 g/mol. The summed E-state index contributed by atoms with van der Waals surface area (Å²) in [6.45, 7) is 0.589. The van der Waals surface area contributed by atoms with Crippen LogP contribution in [-0.2, 0) is 4.79 Å². The van der Waals surface area contributed by atoms with E-state index in [4.69, 9.17) is 10.5 Å². The number of nitrogen functional groups attached to an aromatic ring is 1. The van der Waals surface area contributed by atoms with Gasteiger partial charge in [0.2, 0.25) is 11.9 Å². The fraction of sp³-hybridized carbons (Fsp3) is 0.385. The van der Waals surface area contributed by atoms with Crippen LogP contribution in [0, 0.1) is 0 Å². The second-order valence-corrected chi connectivity index (χ2v) is 4.66. The molecule has 1 aromatic carbocycles. The number of amides is 1. The number of aromatic nitrogens is 2. The second-order valence-electron chi connectivity index (χ2n) is 4.66. The zero-order chi connectivity index (χ0) is 13.4.